The van der Waals surface area contributed by atoms with E-state index in [9.17, 15) is 4.79 Å². The number of nitrogens with one attached hydrogen (secondary N) is 2. The Bertz CT molecular complexity index is 755. The lowest BCUT2D eigenvalue weighted by molar-refractivity contribution is 0.176. The van der Waals surface area contributed by atoms with Gasteiger partial charge in [-0.2, -0.15) is 0 Å². The van der Waals surface area contributed by atoms with Crippen LogP contribution in [0.2, 0.25) is 0 Å². The number of aliphatic imine (C=N–C) groups is 1. The topological polar surface area (TPSA) is 62.7 Å². The molecule has 0 aromatic heterocycles. The normalized spacial score (nSPS) is 20.3. The zero-order valence-corrected chi connectivity index (χ0v) is 13.5. The van der Waals surface area contributed by atoms with Crippen LogP contribution in [0, 0.1) is 5.92 Å². The third-order valence-corrected chi connectivity index (χ3v) is 4.13. The first-order valence-corrected chi connectivity index (χ1v) is 7.76. The smallest absolute Gasteiger partial charge is 0.413 e. The van der Waals surface area contributed by atoms with Crippen LogP contribution in [0.4, 0.5) is 4.79 Å². The van der Waals surface area contributed by atoms with Gasteiger partial charge in [0.1, 0.15) is 0 Å². The van der Waals surface area contributed by atoms with Crippen molar-refractivity contribution in [1.29, 1.82) is 0 Å². The van der Waals surface area contributed by atoms with Gasteiger partial charge >= 0.3 is 6.09 Å². The quantitative estimate of drug-likeness (QED) is 0.895. The summed E-state index contributed by atoms with van der Waals surface area (Å²) >= 11 is 0. The first-order valence-electron chi connectivity index (χ1n) is 7.76. The number of guanidine groups is 1. The first-order chi connectivity index (χ1) is 11.1. The molecule has 0 saturated heterocycles. The monoisotopic (exact) mass is 311 g/mol. The van der Waals surface area contributed by atoms with E-state index in [4.69, 9.17) is 0 Å². The van der Waals surface area contributed by atoms with Gasteiger partial charge in [0.25, 0.3) is 0 Å². The predicted molar refractivity (Wildman–Crippen MR) is 91.4 cm³/mol. The van der Waals surface area contributed by atoms with Gasteiger partial charge in [-0.1, -0.05) is 50.2 Å². The van der Waals surface area contributed by atoms with E-state index in [1.165, 1.54) is 17.9 Å². The van der Waals surface area contributed by atoms with Crippen LogP contribution in [-0.4, -0.2) is 25.2 Å². The first kappa shape index (κ1) is 15.3. The molecule has 0 bridgehead atoms. The van der Waals surface area contributed by atoms with Crippen LogP contribution in [0.15, 0.2) is 47.5 Å². The van der Waals surface area contributed by atoms with Crippen LogP contribution in [0.3, 0.4) is 0 Å². The molecular weight excluding hydrogens is 290 g/mol. The molecule has 5 nitrogen and oxygen atoms in total. The van der Waals surface area contributed by atoms with Crippen LogP contribution in [0.1, 0.15) is 25.5 Å². The van der Waals surface area contributed by atoms with Crippen molar-refractivity contribution >= 4 is 22.8 Å². The van der Waals surface area contributed by atoms with Gasteiger partial charge in [0.05, 0.1) is 19.2 Å². The van der Waals surface area contributed by atoms with E-state index in [2.05, 4.69) is 64.5 Å². The second-order valence-corrected chi connectivity index (χ2v) is 6.06. The number of benzene rings is 2. The summed E-state index contributed by atoms with van der Waals surface area (Å²) in [6.07, 6.45) is -0.516. The van der Waals surface area contributed by atoms with E-state index in [0.717, 1.165) is 5.56 Å². The summed E-state index contributed by atoms with van der Waals surface area (Å²) in [5.74, 6) is 0.810. The number of carbonyl (C=O) groups excluding carboxylic acids is 1. The molecule has 0 fully saturated rings. The molecule has 5 heteroatoms. The molecule has 120 valence electrons. The van der Waals surface area contributed by atoms with E-state index in [1.807, 2.05) is 12.1 Å². The molecule has 0 radical (unpaired) electrons. The summed E-state index contributed by atoms with van der Waals surface area (Å²) in [6.45, 7) is 4.26. The molecule has 2 aromatic rings. The highest BCUT2D eigenvalue weighted by molar-refractivity contribution is 5.95. The van der Waals surface area contributed by atoms with Crippen molar-refractivity contribution in [1.82, 2.24) is 10.6 Å². The van der Waals surface area contributed by atoms with Gasteiger partial charge in [-0.15, -0.1) is 0 Å². The molecule has 23 heavy (non-hydrogen) atoms. The predicted octanol–water partition coefficient (Wildman–Crippen LogP) is 3.22. The van der Waals surface area contributed by atoms with Crippen molar-refractivity contribution in [2.24, 2.45) is 10.9 Å². The average Bonchev–Trinajstić information content (AvgIpc) is 2.98. The molecule has 2 unspecified atom stereocenters. The van der Waals surface area contributed by atoms with E-state index in [1.54, 1.807) is 0 Å². The molecule has 2 N–H and O–H groups in total. The second-order valence-electron chi connectivity index (χ2n) is 6.06. The summed E-state index contributed by atoms with van der Waals surface area (Å²) in [7, 11) is 1.34. The summed E-state index contributed by atoms with van der Waals surface area (Å²) in [6, 6.07) is 14.8. The zero-order valence-electron chi connectivity index (χ0n) is 13.5. The van der Waals surface area contributed by atoms with Gasteiger partial charge in [0.15, 0.2) is 0 Å². The third kappa shape index (κ3) is 3.13. The Labute approximate surface area is 135 Å². The molecule has 0 aliphatic carbocycles. The van der Waals surface area contributed by atoms with Crippen molar-refractivity contribution in [2.75, 3.05) is 7.11 Å². The van der Waals surface area contributed by atoms with Crippen LogP contribution in [0.25, 0.3) is 10.8 Å². The van der Waals surface area contributed by atoms with Crippen LogP contribution < -0.4 is 10.6 Å². The lowest BCUT2D eigenvalue weighted by Crippen LogP contribution is -2.39. The summed E-state index contributed by atoms with van der Waals surface area (Å²) in [5, 5.41) is 8.34. The fraction of sp³-hybridized carbons (Fsp3) is 0.333. The summed E-state index contributed by atoms with van der Waals surface area (Å²) < 4.78 is 4.64. The molecule has 2 atom stereocenters. The van der Waals surface area contributed by atoms with Gasteiger partial charge in [0, 0.05) is 0 Å². The van der Waals surface area contributed by atoms with E-state index < -0.39 is 6.09 Å². The summed E-state index contributed by atoms with van der Waals surface area (Å²) in [4.78, 5) is 16.0. The van der Waals surface area contributed by atoms with Crippen LogP contribution in [0.5, 0.6) is 0 Å². The number of amides is 1. The highest BCUT2D eigenvalue weighted by atomic mass is 16.5. The molecule has 2 aromatic carbocycles. The number of carbonyl (C=O) groups is 1. The van der Waals surface area contributed by atoms with Crippen molar-refractivity contribution in [3.05, 3.63) is 48.0 Å². The fourth-order valence-electron chi connectivity index (χ4n) is 2.93. The largest absolute Gasteiger partial charge is 0.453 e. The van der Waals surface area contributed by atoms with Crippen LogP contribution >= 0.6 is 0 Å². The molecule has 1 heterocycles. The number of rotatable bonds is 2. The van der Waals surface area contributed by atoms with Gasteiger partial charge < -0.3 is 10.1 Å². The Morgan fingerprint density at radius 3 is 2.65 bits per heavy atom. The second kappa shape index (κ2) is 6.28. The maximum absolute atomic E-state index is 11.4. The zero-order chi connectivity index (χ0) is 16.4. The lowest BCUT2D eigenvalue weighted by atomic mass is 9.91. The molecule has 1 amide bonds. The SMILES string of the molecule is COC(=O)NC1=NC(C(C)C)C(c2ccc3ccccc3c2)N1. The van der Waals surface area contributed by atoms with Crippen molar-refractivity contribution in [3.63, 3.8) is 0 Å². The Kier molecular flexibility index (Phi) is 4.19. The third-order valence-electron chi connectivity index (χ3n) is 4.13. The van der Waals surface area contributed by atoms with E-state index >= 15 is 0 Å². The van der Waals surface area contributed by atoms with Crippen molar-refractivity contribution < 1.29 is 9.53 Å². The number of nitrogens with zero attached hydrogens (tertiary/aromatic N) is 1. The van der Waals surface area contributed by atoms with Crippen molar-refractivity contribution in [2.45, 2.75) is 25.9 Å². The highest BCUT2D eigenvalue weighted by Gasteiger charge is 2.33. The summed E-state index contributed by atoms with van der Waals surface area (Å²) in [5.41, 5.74) is 1.16. The number of fused-ring (bicyclic) bond motifs is 1. The number of hydrogen-bond donors (Lipinski definition) is 2. The average molecular weight is 311 g/mol. The molecule has 3 rings (SSSR count). The number of ether oxygens (including phenoxy) is 1. The van der Waals surface area contributed by atoms with E-state index in [0.29, 0.717) is 11.9 Å². The van der Waals surface area contributed by atoms with Gasteiger partial charge in [-0.05, 0) is 28.3 Å². The van der Waals surface area contributed by atoms with E-state index in [-0.39, 0.29) is 12.1 Å². The highest BCUT2D eigenvalue weighted by Crippen LogP contribution is 2.30. The van der Waals surface area contributed by atoms with Crippen molar-refractivity contribution in [3.8, 4) is 0 Å². The maximum Gasteiger partial charge on any atom is 0.413 e. The van der Waals surface area contributed by atoms with Crippen LogP contribution in [-0.2, 0) is 4.74 Å². The Morgan fingerprint density at radius 2 is 1.96 bits per heavy atom. The fourth-order valence-corrected chi connectivity index (χ4v) is 2.93. The standard InChI is InChI=1S/C18H21N3O2/c1-11(2)15-16(20-17(19-15)21-18(22)23-3)14-9-8-12-6-4-5-7-13(12)10-14/h4-11,15-16H,1-3H3,(H2,19,20,21,22). The van der Waals surface area contributed by atoms with Gasteiger partial charge in [-0.25, -0.2) is 9.79 Å². The van der Waals surface area contributed by atoms with Gasteiger partial charge in [0.2, 0.25) is 5.96 Å². The molecule has 1 aliphatic rings. The van der Waals surface area contributed by atoms with Gasteiger partial charge in [-0.3, -0.25) is 5.32 Å². The molecular formula is C18H21N3O2. The minimum absolute atomic E-state index is 0.0340. The maximum atomic E-state index is 11.4. The number of methoxy groups -OCH3 is 1. The minimum atomic E-state index is -0.516. The molecule has 0 saturated carbocycles. The lowest BCUT2D eigenvalue weighted by Gasteiger charge is -2.22. The minimum Gasteiger partial charge on any atom is -0.453 e. The molecule has 1 aliphatic heterocycles. The molecule has 0 spiro atoms. The number of hydrogen-bond acceptors (Lipinski definition) is 4. The Hall–Kier alpha value is -2.56. The Morgan fingerprint density at radius 1 is 1.22 bits per heavy atom. The number of alkyl carbamates (subject to hydrolysis) is 1. The Balaban J connectivity index is 1.89.